The summed E-state index contributed by atoms with van der Waals surface area (Å²) in [5, 5.41) is 13.4. The third-order valence-electron chi connectivity index (χ3n) is 4.50. The van der Waals surface area contributed by atoms with Crippen LogP contribution in [0.15, 0.2) is 42.5 Å². The normalized spacial score (nSPS) is 14.9. The number of benzene rings is 2. The van der Waals surface area contributed by atoms with Crippen molar-refractivity contribution in [3.8, 4) is 0 Å². The molecule has 0 spiro atoms. The predicted octanol–water partition coefficient (Wildman–Crippen LogP) is 4.17. The van der Waals surface area contributed by atoms with Crippen LogP contribution >= 0.6 is 0 Å². The summed E-state index contributed by atoms with van der Waals surface area (Å²) in [4.78, 5) is 37.3. The Labute approximate surface area is 179 Å². The molecule has 0 fully saturated rings. The number of aliphatic hydroxyl groups is 1. The zero-order valence-corrected chi connectivity index (χ0v) is 17.7. The fourth-order valence-corrected chi connectivity index (χ4v) is 3.19. The number of imide groups is 1. The summed E-state index contributed by atoms with van der Waals surface area (Å²) in [6, 6.07) is 10.1. The van der Waals surface area contributed by atoms with Crippen molar-refractivity contribution in [2.45, 2.75) is 39.8 Å². The number of carbonyl (C=O) groups excluding carboxylic acids is 3. The zero-order valence-electron chi connectivity index (χ0n) is 17.7. The van der Waals surface area contributed by atoms with E-state index in [-0.39, 0.29) is 29.1 Å². The number of aliphatic hydroxyl groups excluding tert-OH is 1. The number of fused-ring (bicyclic) bond motifs is 1. The van der Waals surface area contributed by atoms with E-state index in [4.69, 9.17) is 4.74 Å². The van der Waals surface area contributed by atoms with Gasteiger partial charge in [0.15, 0.2) is 0 Å². The van der Waals surface area contributed by atoms with Crippen molar-refractivity contribution in [2.75, 3.05) is 4.90 Å². The van der Waals surface area contributed by atoms with Gasteiger partial charge in [0, 0.05) is 24.6 Å². The third kappa shape index (κ3) is 4.74. The average molecular weight is 426 g/mol. The molecule has 1 heterocycles. The topological polar surface area (TPSA) is 95.9 Å². The van der Waals surface area contributed by atoms with E-state index in [1.807, 2.05) is 0 Å². The van der Waals surface area contributed by atoms with E-state index in [0.29, 0.717) is 5.56 Å². The number of alkyl carbamates (subject to hydrolysis) is 1. The lowest BCUT2D eigenvalue weighted by Gasteiger charge is -2.19. The van der Waals surface area contributed by atoms with Crippen LogP contribution in [-0.2, 0) is 20.9 Å². The maximum absolute atomic E-state index is 13.7. The van der Waals surface area contributed by atoms with Crippen LogP contribution < -0.4 is 10.2 Å². The number of halogens is 1. The molecule has 0 atom stereocenters. The molecule has 8 heteroatoms. The van der Waals surface area contributed by atoms with Crippen LogP contribution in [0.2, 0.25) is 0 Å². The molecule has 31 heavy (non-hydrogen) atoms. The maximum atomic E-state index is 13.7. The minimum atomic E-state index is -0.721. The van der Waals surface area contributed by atoms with Gasteiger partial charge < -0.3 is 15.2 Å². The number of anilines is 1. The van der Waals surface area contributed by atoms with Crippen LogP contribution in [0.25, 0.3) is 11.3 Å². The lowest BCUT2D eigenvalue weighted by atomic mass is 10.0. The molecule has 3 amide bonds. The van der Waals surface area contributed by atoms with Gasteiger partial charge in [-0.2, -0.15) is 0 Å². The Balaban J connectivity index is 1.86. The molecule has 0 saturated heterocycles. The van der Waals surface area contributed by atoms with Crippen molar-refractivity contribution < 1.29 is 28.6 Å². The minimum absolute atomic E-state index is 0.0789. The first-order valence-electron chi connectivity index (χ1n) is 9.62. The van der Waals surface area contributed by atoms with Gasteiger partial charge in [0.1, 0.15) is 17.2 Å². The molecule has 0 bridgehead atoms. The molecule has 162 valence electrons. The fraction of sp³-hybridized carbons (Fsp3) is 0.261. The van der Waals surface area contributed by atoms with Crippen LogP contribution in [0.5, 0.6) is 0 Å². The smallest absolute Gasteiger partial charge is 0.407 e. The van der Waals surface area contributed by atoms with Gasteiger partial charge in [0.05, 0.1) is 11.3 Å². The Morgan fingerprint density at radius 3 is 2.35 bits per heavy atom. The van der Waals surface area contributed by atoms with E-state index in [1.54, 1.807) is 45.0 Å². The molecule has 0 radical (unpaired) electrons. The average Bonchev–Trinajstić information content (AvgIpc) is 2.96. The molecule has 0 aromatic heterocycles. The number of hydrogen-bond acceptors (Lipinski definition) is 5. The monoisotopic (exact) mass is 426 g/mol. The van der Waals surface area contributed by atoms with Crippen molar-refractivity contribution in [2.24, 2.45) is 0 Å². The van der Waals surface area contributed by atoms with Crippen LogP contribution in [0.1, 0.15) is 44.4 Å². The van der Waals surface area contributed by atoms with Crippen molar-refractivity contribution in [1.82, 2.24) is 5.32 Å². The molecule has 0 saturated carbocycles. The number of nitrogens with one attached hydrogen (secondary N) is 1. The number of nitrogens with zero attached hydrogens (tertiary/aromatic N) is 1. The van der Waals surface area contributed by atoms with E-state index in [9.17, 15) is 23.9 Å². The number of rotatable bonds is 3. The van der Waals surface area contributed by atoms with E-state index in [0.717, 1.165) is 22.6 Å². The summed E-state index contributed by atoms with van der Waals surface area (Å²) in [6.45, 7) is 6.70. The standard InChI is InChI=1S/C23H23FN2O5/c1-13(27)26-18-11-16(24)9-10-17(18)19(21(26)29)20(28)15-7-5-14(6-8-15)12-25-22(30)31-23(2,3)4/h5-11,28H,12H2,1-4H3,(H,25,30). The van der Waals surface area contributed by atoms with Crippen molar-refractivity contribution in [3.05, 3.63) is 65.0 Å². The highest BCUT2D eigenvalue weighted by Gasteiger charge is 2.38. The first kappa shape index (κ1) is 22.0. The molecule has 1 aliphatic rings. The molecule has 7 nitrogen and oxygen atoms in total. The van der Waals surface area contributed by atoms with Gasteiger partial charge >= 0.3 is 6.09 Å². The highest BCUT2D eigenvalue weighted by Crippen LogP contribution is 2.40. The number of amides is 3. The second-order valence-corrected chi connectivity index (χ2v) is 8.10. The van der Waals surface area contributed by atoms with E-state index < -0.39 is 29.3 Å². The number of ether oxygens (including phenoxy) is 1. The number of carbonyl (C=O) groups is 3. The van der Waals surface area contributed by atoms with Gasteiger partial charge in [-0.1, -0.05) is 24.3 Å². The van der Waals surface area contributed by atoms with E-state index in [1.165, 1.54) is 13.0 Å². The minimum Gasteiger partial charge on any atom is -0.506 e. The van der Waals surface area contributed by atoms with Crippen LogP contribution in [0.4, 0.5) is 14.9 Å². The molecule has 2 aromatic carbocycles. The Morgan fingerprint density at radius 2 is 1.77 bits per heavy atom. The molecular weight excluding hydrogens is 403 g/mol. The largest absolute Gasteiger partial charge is 0.506 e. The van der Waals surface area contributed by atoms with Crippen molar-refractivity contribution in [3.63, 3.8) is 0 Å². The number of hydrogen-bond donors (Lipinski definition) is 2. The fourth-order valence-electron chi connectivity index (χ4n) is 3.19. The molecular formula is C23H23FN2O5. The second kappa shape index (κ2) is 8.22. The van der Waals surface area contributed by atoms with Gasteiger partial charge in [-0.15, -0.1) is 0 Å². The Bertz CT molecular complexity index is 1080. The van der Waals surface area contributed by atoms with E-state index >= 15 is 0 Å². The Morgan fingerprint density at radius 1 is 1.13 bits per heavy atom. The molecule has 0 aliphatic carbocycles. The molecule has 1 aliphatic heterocycles. The molecule has 3 rings (SSSR count). The Hall–Kier alpha value is -3.68. The van der Waals surface area contributed by atoms with Gasteiger partial charge in [-0.25, -0.2) is 14.1 Å². The molecule has 0 unspecified atom stereocenters. The van der Waals surface area contributed by atoms with Crippen LogP contribution in [-0.4, -0.2) is 28.6 Å². The van der Waals surface area contributed by atoms with Crippen molar-refractivity contribution >= 4 is 34.9 Å². The Kier molecular flexibility index (Phi) is 5.83. The molecule has 2 aromatic rings. The van der Waals surface area contributed by atoms with Gasteiger partial charge in [0.2, 0.25) is 5.91 Å². The quantitative estimate of drug-likeness (QED) is 0.567. The van der Waals surface area contributed by atoms with Crippen LogP contribution in [0, 0.1) is 5.82 Å². The second-order valence-electron chi connectivity index (χ2n) is 8.10. The van der Waals surface area contributed by atoms with Crippen LogP contribution in [0.3, 0.4) is 0 Å². The first-order chi connectivity index (χ1) is 14.5. The van der Waals surface area contributed by atoms with Gasteiger partial charge in [0.25, 0.3) is 5.91 Å². The summed E-state index contributed by atoms with van der Waals surface area (Å²) in [5.74, 6) is -2.22. The summed E-state index contributed by atoms with van der Waals surface area (Å²) >= 11 is 0. The maximum Gasteiger partial charge on any atom is 0.407 e. The molecule has 2 N–H and O–H groups in total. The highest BCUT2D eigenvalue weighted by molar-refractivity contribution is 6.42. The summed E-state index contributed by atoms with van der Waals surface area (Å²) in [5.41, 5.74) is 0.770. The predicted molar refractivity (Wildman–Crippen MR) is 114 cm³/mol. The summed E-state index contributed by atoms with van der Waals surface area (Å²) in [7, 11) is 0. The summed E-state index contributed by atoms with van der Waals surface area (Å²) < 4.78 is 18.9. The third-order valence-corrected chi connectivity index (χ3v) is 4.50. The lowest BCUT2D eigenvalue weighted by molar-refractivity contribution is -0.122. The summed E-state index contributed by atoms with van der Waals surface area (Å²) in [6.07, 6.45) is -0.550. The lowest BCUT2D eigenvalue weighted by Crippen LogP contribution is -2.32. The highest BCUT2D eigenvalue weighted by atomic mass is 19.1. The van der Waals surface area contributed by atoms with E-state index in [2.05, 4.69) is 5.32 Å². The zero-order chi connectivity index (χ0) is 22.9. The SMILES string of the molecule is CC(=O)N1C(=O)C(=C(O)c2ccc(CNC(=O)OC(C)(C)C)cc2)c2ccc(F)cc21. The van der Waals surface area contributed by atoms with Crippen molar-refractivity contribution in [1.29, 1.82) is 0 Å². The van der Waals surface area contributed by atoms with Gasteiger partial charge in [-0.05, 0) is 44.5 Å². The first-order valence-corrected chi connectivity index (χ1v) is 9.62. The van der Waals surface area contributed by atoms with Gasteiger partial charge in [-0.3, -0.25) is 9.59 Å².